The predicted molar refractivity (Wildman–Crippen MR) is 75.1 cm³/mol. The molecule has 1 saturated heterocycles. The highest BCUT2D eigenvalue weighted by Gasteiger charge is 2.47. The first kappa shape index (κ1) is 16.1. The fourth-order valence-electron chi connectivity index (χ4n) is 2.86. The number of benzene rings is 1. The summed E-state index contributed by atoms with van der Waals surface area (Å²) in [6, 6.07) is 4.23. The minimum atomic E-state index is -4.21. The molecule has 3 rings (SSSR count). The van der Waals surface area contributed by atoms with Crippen LogP contribution in [0.1, 0.15) is 12.0 Å². The van der Waals surface area contributed by atoms with Gasteiger partial charge in [0, 0.05) is 25.5 Å². The highest BCUT2D eigenvalue weighted by molar-refractivity contribution is 7.89. The average molecular weight is 347 g/mol. The molecule has 1 atom stereocenters. The van der Waals surface area contributed by atoms with Gasteiger partial charge < -0.3 is 9.84 Å². The molecule has 2 heterocycles. The van der Waals surface area contributed by atoms with Crippen molar-refractivity contribution in [3.63, 3.8) is 0 Å². The molecule has 126 valence electrons. The molecular weight excluding hydrogens is 332 g/mol. The van der Waals surface area contributed by atoms with Gasteiger partial charge in [0.1, 0.15) is 5.75 Å². The molecule has 0 spiro atoms. The Morgan fingerprint density at radius 2 is 2.13 bits per heavy atom. The highest BCUT2D eigenvalue weighted by Crippen LogP contribution is 2.35. The summed E-state index contributed by atoms with van der Waals surface area (Å²) in [7, 11) is -4.21. The van der Waals surface area contributed by atoms with E-state index >= 15 is 0 Å². The minimum absolute atomic E-state index is 0.167. The van der Waals surface area contributed by atoms with E-state index in [1.54, 1.807) is 6.07 Å². The molecular formula is C14H15F2NO5S. The molecule has 1 aromatic carbocycles. The van der Waals surface area contributed by atoms with E-state index in [0.29, 0.717) is 23.1 Å². The van der Waals surface area contributed by atoms with E-state index in [1.807, 2.05) is 0 Å². The Kier molecular flexibility index (Phi) is 3.80. The fourth-order valence-corrected chi connectivity index (χ4v) is 4.39. The Hall–Kier alpha value is -1.74. The van der Waals surface area contributed by atoms with Gasteiger partial charge in [0.25, 0.3) is 5.92 Å². The number of carboxylic acid groups (broad SMARTS) is 1. The van der Waals surface area contributed by atoms with E-state index in [9.17, 15) is 22.0 Å². The van der Waals surface area contributed by atoms with Crippen LogP contribution < -0.4 is 4.74 Å². The largest absolute Gasteiger partial charge is 0.493 e. The molecule has 1 unspecified atom stereocenters. The van der Waals surface area contributed by atoms with Gasteiger partial charge in [-0.05, 0) is 11.6 Å². The van der Waals surface area contributed by atoms with Crippen LogP contribution in [0.15, 0.2) is 23.1 Å². The van der Waals surface area contributed by atoms with Crippen molar-refractivity contribution in [3.8, 4) is 5.75 Å². The number of carbonyl (C=O) groups is 1. The summed E-state index contributed by atoms with van der Waals surface area (Å²) in [5.41, 5.74) is 0.858. The van der Waals surface area contributed by atoms with Gasteiger partial charge in [-0.15, -0.1) is 0 Å². The summed E-state index contributed by atoms with van der Waals surface area (Å²) in [4.78, 5) is 10.9. The maximum atomic E-state index is 13.7. The number of carboxylic acids is 1. The zero-order valence-corrected chi connectivity index (χ0v) is 12.9. The van der Waals surface area contributed by atoms with Crippen molar-refractivity contribution in [1.29, 1.82) is 0 Å². The molecule has 0 bridgehead atoms. The third kappa shape index (κ3) is 3.02. The summed E-state index contributed by atoms with van der Waals surface area (Å²) >= 11 is 0. The number of alkyl halides is 2. The Morgan fingerprint density at radius 1 is 1.39 bits per heavy atom. The molecule has 0 radical (unpaired) electrons. The second-order valence-electron chi connectivity index (χ2n) is 5.76. The van der Waals surface area contributed by atoms with Crippen molar-refractivity contribution >= 4 is 16.0 Å². The number of aliphatic carboxylic acids is 1. The summed E-state index contributed by atoms with van der Waals surface area (Å²) in [5, 5.41) is 8.98. The molecule has 2 aliphatic rings. The van der Waals surface area contributed by atoms with Gasteiger partial charge in [0.15, 0.2) is 0 Å². The van der Waals surface area contributed by atoms with Crippen LogP contribution >= 0.6 is 0 Å². The number of halogens is 2. The second-order valence-corrected chi connectivity index (χ2v) is 7.70. The van der Waals surface area contributed by atoms with Crippen LogP contribution in [-0.2, 0) is 21.2 Å². The number of hydrogen-bond donors (Lipinski definition) is 1. The monoisotopic (exact) mass is 347 g/mol. The molecule has 1 aromatic rings. The van der Waals surface area contributed by atoms with Gasteiger partial charge in [-0.1, -0.05) is 6.07 Å². The summed E-state index contributed by atoms with van der Waals surface area (Å²) in [6.45, 7) is -1.04. The number of hydrogen-bond acceptors (Lipinski definition) is 4. The molecule has 0 aliphatic carbocycles. The van der Waals surface area contributed by atoms with Crippen LogP contribution in [-0.4, -0.2) is 49.4 Å². The van der Waals surface area contributed by atoms with Crippen molar-refractivity contribution in [2.45, 2.75) is 23.7 Å². The zero-order valence-electron chi connectivity index (χ0n) is 12.0. The van der Waals surface area contributed by atoms with Crippen molar-refractivity contribution < 1.29 is 31.8 Å². The number of ether oxygens (including phenoxy) is 1. The first-order valence-electron chi connectivity index (χ1n) is 7.05. The van der Waals surface area contributed by atoms with Crippen LogP contribution in [0, 0.1) is 5.92 Å². The minimum Gasteiger partial charge on any atom is -0.493 e. The maximum Gasteiger partial charge on any atom is 0.308 e. The Balaban J connectivity index is 1.93. The van der Waals surface area contributed by atoms with Gasteiger partial charge in [0.05, 0.1) is 24.0 Å². The van der Waals surface area contributed by atoms with Crippen molar-refractivity contribution in [2.24, 2.45) is 5.92 Å². The third-order valence-corrected chi connectivity index (χ3v) is 5.84. The Labute approximate surface area is 131 Å². The lowest BCUT2D eigenvalue weighted by Crippen LogP contribution is -2.51. The van der Waals surface area contributed by atoms with E-state index in [2.05, 4.69) is 0 Å². The first-order valence-corrected chi connectivity index (χ1v) is 8.49. The van der Waals surface area contributed by atoms with E-state index in [1.165, 1.54) is 12.1 Å². The van der Waals surface area contributed by atoms with Crippen molar-refractivity contribution in [1.82, 2.24) is 4.31 Å². The lowest BCUT2D eigenvalue weighted by molar-refractivity contribution is -0.150. The van der Waals surface area contributed by atoms with Gasteiger partial charge in [-0.25, -0.2) is 17.2 Å². The lowest BCUT2D eigenvalue weighted by Gasteiger charge is -2.35. The van der Waals surface area contributed by atoms with Crippen LogP contribution in [0.4, 0.5) is 8.78 Å². The summed E-state index contributed by atoms with van der Waals surface area (Å²) in [6.07, 6.45) is -0.194. The highest BCUT2D eigenvalue weighted by atomic mass is 32.2. The SMILES string of the molecule is O=C(O)C1CN(S(=O)(=O)c2ccc3c(c2)OCC3)CC(F)(F)C1. The molecule has 0 amide bonds. The van der Waals surface area contributed by atoms with Crippen molar-refractivity contribution in [3.05, 3.63) is 23.8 Å². The van der Waals surface area contributed by atoms with E-state index in [4.69, 9.17) is 9.84 Å². The number of rotatable bonds is 3. The Bertz CT molecular complexity index is 750. The van der Waals surface area contributed by atoms with Crippen LogP contribution in [0.25, 0.3) is 0 Å². The van der Waals surface area contributed by atoms with Gasteiger partial charge in [-0.3, -0.25) is 4.79 Å². The van der Waals surface area contributed by atoms with Crippen molar-refractivity contribution in [2.75, 3.05) is 19.7 Å². The molecule has 1 fully saturated rings. The van der Waals surface area contributed by atoms with Crippen LogP contribution in [0.2, 0.25) is 0 Å². The van der Waals surface area contributed by atoms with Gasteiger partial charge in [-0.2, -0.15) is 4.31 Å². The summed E-state index contributed by atoms with van der Waals surface area (Å²) < 4.78 is 58.5. The van der Waals surface area contributed by atoms with E-state index in [-0.39, 0.29) is 4.90 Å². The van der Waals surface area contributed by atoms with Crippen LogP contribution in [0.3, 0.4) is 0 Å². The topological polar surface area (TPSA) is 83.9 Å². The molecule has 2 aliphatic heterocycles. The van der Waals surface area contributed by atoms with Crippen LogP contribution in [0.5, 0.6) is 5.75 Å². The number of nitrogens with zero attached hydrogens (tertiary/aromatic N) is 1. The Morgan fingerprint density at radius 3 is 2.83 bits per heavy atom. The molecule has 9 heteroatoms. The molecule has 6 nitrogen and oxygen atoms in total. The molecule has 0 saturated carbocycles. The first-order chi connectivity index (χ1) is 10.7. The molecule has 23 heavy (non-hydrogen) atoms. The number of fused-ring (bicyclic) bond motifs is 1. The normalized spacial score (nSPS) is 24.0. The standard InChI is InChI=1S/C14H15F2NO5S/c15-14(16)6-10(13(18)19)7-17(8-14)23(20,21)11-2-1-9-3-4-22-12(9)5-11/h1-2,5,10H,3-4,6-8H2,(H,18,19). The smallest absolute Gasteiger partial charge is 0.308 e. The average Bonchev–Trinajstić information content (AvgIpc) is 2.92. The quantitative estimate of drug-likeness (QED) is 0.892. The zero-order chi connectivity index (χ0) is 16.8. The maximum absolute atomic E-state index is 13.7. The lowest BCUT2D eigenvalue weighted by atomic mass is 9.97. The van der Waals surface area contributed by atoms with E-state index in [0.717, 1.165) is 5.56 Å². The summed E-state index contributed by atoms with van der Waals surface area (Å²) in [5.74, 6) is -5.81. The van der Waals surface area contributed by atoms with E-state index < -0.39 is 47.3 Å². The number of piperidine rings is 1. The molecule has 0 aromatic heterocycles. The van der Waals surface area contributed by atoms with Gasteiger partial charge >= 0.3 is 5.97 Å². The molecule has 1 N–H and O–H groups in total. The number of sulfonamides is 1. The van der Waals surface area contributed by atoms with Gasteiger partial charge in [0.2, 0.25) is 10.0 Å². The second kappa shape index (κ2) is 5.41. The third-order valence-electron chi connectivity index (χ3n) is 4.03. The predicted octanol–water partition coefficient (Wildman–Crippen LogP) is 1.35. The fraction of sp³-hybridized carbons (Fsp3) is 0.500.